The first-order valence-electron chi connectivity index (χ1n) is 6.69. The largest absolute Gasteiger partial charge is 0.369 e. The van der Waals surface area contributed by atoms with Crippen molar-refractivity contribution in [3.05, 3.63) is 28.5 Å². The number of nitrogens with one attached hydrogen (secondary N) is 1. The zero-order valence-corrected chi connectivity index (χ0v) is 13.8. The molecule has 0 unspecified atom stereocenters. The predicted octanol–water partition coefficient (Wildman–Crippen LogP) is 2.27. The second-order valence-corrected chi connectivity index (χ2v) is 7.13. The van der Waals surface area contributed by atoms with Crippen molar-refractivity contribution >= 4 is 23.4 Å². The molecule has 0 aromatic carbocycles. The molecule has 3 N–H and O–H groups in total. The molecule has 2 amide bonds. The highest BCUT2D eigenvalue weighted by Crippen LogP contribution is 2.23. The summed E-state index contributed by atoms with van der Waals surface area (Å²) >= 11 is 5.98. The van der Waals surface area contributed by atoms with Crippen molar-refractivity contribution in [2.24, 2.45) is 11.1 Å². The summed E-state index contributed by atoms with van der Waals surface area (Å²) < 4.78 is 0. The highest BCUT2D eigenvalue weighted by atomic mass is 35.5. The summed E-state index contributed by atoms with van der Waals surface area (Å²) in [6.45, 7) is 9.48. The molecule has 0 saturated carbocycles. The third-order valence-corrected chi connectivity index (χ3v) is 3.38. The molecule has 0 saturated heterocycles. The van der Waals surface area contributed by atoms with Crippen LogP contribution in [0.5, 0.6) is 0 Å². The van der Waals surface area contributed by atoms with E-state index in [9.17, 15) is 9.59 Å². The van der Waals surface area contributed by atoms with Crippen molar-refractivity contribution < 1.29 is 9.59 Å². The van der Waals surface area contributed by atoms with Crippen LogP contribution >= 0.6 is 11.6 Å². The fourth-order valence-corrected chi connectivity index (χ4v) is 1.71. The minimum Gasteiger partial charge on any atom is -0.369 e. The average molecular weight is 312 g/mol. The maximum Gasteiger partial charge on any atom is 0.251 e. The quantitative estimate of drug-likeness (QED) is 0.836. The van der Waals surface area contributed by atoms with Crippen molar-refractivity contribution in [3.63, 3.8) is 0 Å². The molecule has 1 heterocycles. The number of primary amides is 1. The lowest BCUT2D eigenvalue weighted by molar-refractivity contribution is -0.125. The standard InChI is InChI=1S/C15H22ClN3O2/c1-14(2,3)10-6-9(7-11(16)19-10)12(20)18-8-15(4,5)13(17)21/h6-7H,8H2,1-5H3,(H2,17,21)(H,18,20). The van der Waals surface area contributed by atoms with Gasteiger partial charge in [0.15, 0.2) is 0 Å². The summed E-state index contributed by atoms with van der Waals surface area (Å²) in [5.41, 5.74) is 5.40. The van der Waals surface area contributed by atoms with Crippen LogP contribution < -0.4 is 11.1 Å². The zero-order valence-electron chi connectivity index (χ0n) is 13.1. The van der Waals surface area contributed by atoms with Crippen molar-refractivity contribution in [1.82, 2.24) is 10.3 Å². The fraction of sp³-hybridized carbons (Fsp3) is 0.533. The van der Waals surface area contributed by atoms with Crippen molar-refractivity contribution in [2.45, 2.75) is 40.0 Å². The van der Waals surface area contributed by atoms with E-state index in [1.165, 1.54) is 6.07 Å². The number of halogens is 1. The Morgan fingerprint density at radius 2 is 1.81 bits per heavy atom. The van der Waals surface area contributed by atoms with E-state index in [2.05, 4.69) is 10.3 Å². The molecule has 0 aliphatic heterocycles. The number of aromatic nitrogens is 1. The van der Waals surface area contributed by atoms with Crippen LogP contribution in [0, 0.1) is 5.41 Å². The molecule has 1 rings (SSSR count). The van der Waals surface area contributed by atoms with Gasteiger partial charge in [0.1, 0.15) is 5.15 Å². The predicted molar refractivity (Wildman–Crippen MR) is 83.3 cm³/mol. The molecule has 1 aromatic heterocycles. The number of hydrogen-bond donors (Lipinski definition) is 2. The molecule has 0 aliphatic rings. The van der Waals surface area contributed by atoms with Gasteiger partial charge in [-0.05, 0) is 26.0 Å². The smallest absolute Gasteiger partial charge is 0.251 e. The normalized spacial score (nSPS) is 12.1. The first kappa shape index (κ1) is 17.4. The SMILES string of the molecule is CC(C)(CNC(=O)c1cc(Cl)nc(C(C)(C)C)c1)C(N)=O. The summed E-state index contributed by atoms with van der Waals surface area (Å²) in [5.74, 6) is -0.773. The number of amides is 2. The summed E-state index contributed by atoms with van der Waals surface area (Å²) in [5, 5.41) is 2.97. The lowest BCUT2D eigenvalue weighted by atomic mass is 9.90. The van der Waals surface area contributed by atoms with Crippen LogP contribution in [0.25, 0.3) is 0 Å². The molecule has 0 atom stereocenters. The van der Waals surface area contributed by atoms with Gasteiger partial charge < -0.3 is 11.1 Å². The Morgan fingerprint density at radius 3 is 2.29 bits per heavy atom. The van der Waals surface area contributed by atoms with E-state index in [4.69, 9.17) is 17.3 Å². The zero-order chi connectivity index (χ0) is 16.4. The third-order valence-electron chi connectivity index (χ3n) is 3.18. The van der Waals surface area contributed by atoms with E-state index in [1.807, 2.05) is 20.8 Å². The molecule has 21 heavy (non-hydrogen) atoms. The molecule has 5 nitrogen and oxygen atoms in total. The van der Waals surface area contributed by atoms with Crippen LogP contribution in [0.1, 0.15) is 50.7 Å². The summed E-state index contributed by atoms with van der Waals surface area (Å²) in [6.07, 6.45) is 0. The van der Waals surface area contributed by atoms with Gasteiger partial charge in [0.25, 0.3) is 5.91 Å². The molecule has 0 fully saturated rings. The number of pyridine rings is 1. The van der Waals surface area contributed by atoms with Crippen molar-refractivity contribution in [3.8, 4) is 0 Å². The van der Waals surface area contributed by atoms with Gasteiger partial charge in [0, 0.05) is 23.2 Å². The van der Waals surface area contributed by atoms with Gasteiger partial charge in [0.2, 0.25) is 5.91 Å². The summed E-state index contributed by atoms with van der Waals surface area (Å²) in [6, 6.07) is 3.21. The molecule has 0 bridgehead atoms. The molecule has 0 aliphatic carbocycles. The Morgan fingerprint density at radius 1 is 1.24 bits per heavy atom. The summed E-state index contributed by atoms with van der Waals surface area (Å²) in [4.78, 5) is 27.7. The van der Waals surface area contributed by atoms with Crippen molar-refractivity contribution in [1.29, 1.82) is 0 Å². The van der Waals surface area contributed by atoms with Gasteiger partial charge in [0.05, 0.1) is 5.41 Å². The van der Waals surface area contributed by atoms with Crippen LogP contribution in [0.2, 0.25) is 5.15 Å². The van der Waals surface area contributed by atoms with Crippen LogP contribution in [0.3, 0.4) is 0 Å². The lowest BCUT2D eigenvalue weighted by Gasteiger charge is -2.21. The Balaban J connectivity index is 2.94. The van der Waals surface area contributed by atoms with Gasteiger partial charge in [-0.1, -0.05) is 32.4 Å². The highest BCUT2D eigenvalue weighted by Gasteiger charge is 2.26. The van der Waals surface area contributed by atoms with Crippen LogP contribution in [0.4, 0.5) is 0 Å². The Bertz CT molecular complexity index is 563. The lowest BCUT2D eigenvalue weighted by Crippen LogP contribution is -2.42. The fourth-order valence-electron chi connectivity index (χ4n) is 1.50. The van der Waals surface area contributed by atoms with Gasteiger partial charge in [-0.25, -0.2) is 4.98 Å². The van der Waals surface area contributed by atoms with E-state index < -0.39 is 11.3 Å². The number of nitrogens with two attached hydrogens (primary N) is 1. The molecule has 116 valence electrons. The van der Waals surface area contributed by atoms with Crippen LogP contribution in [-0.4, -0.2) is 23.3 Å². The number of nitrogens with zero attached hydrogens (tertiary/aromatic N) is 1. The van der Waals surface area contributed by atoms with E-state index in [1.54, 1.807) is 19.9 Å². The van der Waals surface area contributed by atoms with Crippen LogP contribution in [0.15, 0.2) is 12.1 Å². The minimum atomic E-state index is -0.806. The third kappa shape index (κ3) is 4.70. The molecular weight excluding hydrogens is 290 g/mol. The van der Waals surface area contributed by atoms with Gasteiger partial charge in [-0.15, -0.1) is 0 Å². The Labute approximate surface area is 130 Å². The van der Waals surface area contributed by atoms with Gasteiger partial charge in [-0.2, -0.15) is 0 Å². The number of carbonyl (C=O) groups is 2. The monoisotopic (exact) mass is 311 g/mol. The van der Waals surface area contributed by atoms with E-state index in [0.29, 0.717) is 5.56 Å². The second-order valence-electron chi connectivity index (χ2n) is 6.74. The van der Waals surface area contributed by atoms with Gasteiger partial charge >= 0.3 is 0 Å². The maximum atomic E-state index is 12.2. The van der Waals surface area contributed by atoms with Gasteiger partial charge in [-0.3, -0.25) is 9.59 Å². The topological polar surface area (TPSA) is 85.1 Å². The molecule has 0 spiro atoms. The number of rotatable bonds is 4. The number of carbonyl (C=O) groups excluding carboxylic acids is 2. The van der Waals surface area contributed by atoms with E-state index in [-0.39, 0.29) is 23.0 Å². The Hall–Kier alpha value is -1.62. The molecule has 1 aromatic rings. The number of hydrogen-bond acceptors (Lipinski definition) is 3. The first-order valence-corrected chi connectivity index (χ1v) is 7.07. The summed E-state index contributed by atoms with van der Waals surface area (Å²) in [7, 11) is 0. The van der Waals surface area contributed by atoms with Crippen molar-refractivity contribution in [2.75, 3.05) is 6.54 Å². The average Bonchev–Trinajstić information content (AvgIpc) is 2.34. The minimum absolute atomic E-state index is 0.159. The first-order chi connectivity index (χ1) is 9.43. The van der Waals surface area contributed by atoms with Crippen LogP contribution in [-0.2, 0) is 10.2 Å². The Kier molecular flexibility index (Phi) is 4.99. The molecule has 6 heteroatoms. The molecular formula is C15H22ClN3O2. The van der Waals surface area contributed by atoms with E-state index in [0.717, 1.165) is 5.69 Å². The maximum absolute atomic E-state index is 12.2. The highest BCUT2D eigenvalue weighted by molar-refractivity contribution is 6.29. The molecule has 0 radical (unpaired) electrons. The second kappa shape index (κ2) is 6.02. The van der Waals surface area contributed by atoms with E-state index >= 15 is 0 Å².